The second-order valence-corrected chi connectivity index (χ2v) is 7.93. The molecule has 2 N–H and O–H groups in total. The van der Waals surface area contributed by atoms with Gasteiger partial charge < -0.3 is 15.3 Å². The van der Waals surface area contributed by atoms with Crippen molar-refractivity contribution in [1.29, 1.82) is 0 Å². The number of aliphatic hydroxyl groups excluding tert-OH is 1. The number of likely N-dealkylation sites (tertiary alicyclic amines) is 1. The molecular weight excluding hydrogens is 352 g/mol. The lowest BCUT2D eigenvalue weighted by atomic mass is 9.75. The number of hydrogen-bond acceptors (Lipinski definition) is 3. The van der Waals surface area contributed by atoms with Crippen LogP contribution < -0.4 is 5.32 Å². The van der Waals surface area contributed by atoms with Crippen LogP contribution in [0.1, 0.15) is 17.5 Å². The molecule has 1 aliphatic carbocycles. The number of carbonyl (C=O) groups is 2. The van der Waals surface area contributed by atoms with Crippen LogP contribution in [-0.4, -0.2) is 34.5 Å². The van der Waals surface area contributed by atoms with E-state index < -0.39 is 11.3 Å². The number of nitrogens with zero attached hydrogens (tertiary/aromatic N) is 1. The monoisotopic (exact) mass is 374 g/mol. The molecule has 5 heteroatoms. The highest BCUT2D eigenvalue weighted by Gasteiger charge is 2.55. The third-order valence-electron chi connectivity index (χ3n) is 6.51. The van der Waals surface area contributed by atoms with Crippen LogP contribution in [0.5, 0.6) is 0 Å². The van der Waals surface area contributed by atoms with Gasteiger partial charge in [-0.1, -0.05) is 60.7 Å². The maximum atomic E-state index is 13.1. The summed E-state index contributed by atoms with van der Waals surface area (Å²) in [6.07, 6.45) is 4.24. The van der Waals surface area contributed by atoms with Gasteiger partial charge in [-0.3, -0.25) is 9.59 Å². The summed E-state index contributed by atoms with van der Waals surface area (Å²) in [4.78, 5) is 28.0. The Morgan fingerprint density at radius 3 is 2.61 bits per heavy atom. The van der Waals surface area contributed by atoms with Gasteiger partial charge in [0.2, 0.25) is 11.8 Å². The molecule has 4 atom stereocenters. The Kier molecular flexibility index (Phi) is 3.88. The molecule has 0 saturated carbocycles. The molecule has 142 valence electrons. The molecule has 1 saturated heterocycles. The van der Waals surface area contributed by atoms with Crippen molar-refractivity contribution in [1.82, 2.24) is 4.90 Å². The van der Waals surface area contributed by atoms with Crippen molar-refractivity contribution >= 4 is 17.5 Å². The molecule has 0 aromatic heterocycles. The average molecular weight is 374 g/mol. The molecule has 2 amide bonds. The first-order valence-corrected chi connectivity index (χ1v) is 9.69. The van der Waals surface area contributed by atoms with Crippen molar-refractivity contribution in [2.45, 2.75) is 24.4 Å². The fourth-order valence-corrected chi connectivity index (χ4v) is 5.08. The summed E-state index contributed by atoms with van der Waals surface area (Å²) in [5, 5.41) is 13.1. The number of para-hydroxylation sites is 1. The van der Waals surface area contributed by atoms with Crippen molar-refractivity contribution in [3.63, 3.8) is 0 Å². The van der Waals surface area contributed by atoms with Gasteiger partial charge >= 0.3 is 0 Å². The van der Waals surface area contributed by atoms with E-state index in [0.29, 0.717) is 13.0 Å². The molecule has 1 fully saturated rings. The highest BCUT2D eigenvalue weighted by molar-refractivity contribution is 6.08. The van der Waals surface area contributed by atoms with Crippen LogP contribution in [0.2, 0.25) is 0 Å². The van der Waals surface area contributed by atoms with E-state index >= 15 is 0 Å². The highest BCUT2D eigenvalue weighted by Crippen LogP contribution is 2.49. The SMILES string of the molecule is O=C1[C@H]2C=C[C@]3(C[C@H]([C@@H]2CO)N1Cc1ccccc1)C(=O)Nc1ccccc13. The average Bonchev–Trinajstić information content (AvgIpc) is 3.03. The first-order chi connectivity index (χ1) is 13.6. The second kappa shape index (κ2) is 6.31. The molecule has 5 nitrogen and oxygen atoms in total. The summed E-state index contributed by atoms with van der Waals surface area (Å²) in [6, 6.07) is 17.4. The normalized spacial score (nSPS) is 30.5. The van der Waals surface area contributed by atoms with Gasteiger partial charge in [0, 0.05) is 30.8 Å². The zero-order valence-electron chi connectivity index (χ0n) is 15.4. The first kappa shape index (κ1) is 17.2. The Bertz CT molecular complexity index is 971. The molecule has 2 bridgehead atoms. The molecule has 2 heterocycles. The molecule has 5 rings (SSSR count). The molecule has 3 aliphatic rings. The van der Waals surface area contributed by atoms with Crippen LogP contribution in [0.4, 0.5) is 5.69 Å². The second-order valence-electron chi connectivity index (χ2n) is 7.93. The zero-order chi connectivity index (χ0) is 19.3. The molecule has 0 radical (unpaired) electrons. The van der Waals surface area contributed by atoms with Crippen molar-refractivity contribution in [2.24, 2.45) is 11.8 Å². The van der Waals surface area contributed by atoms with Crippen LogP contribution in [0.15, 0.2) is 66.7 Å². The summed E-state index contributed by atoms with van der Waals surface area (Å²) >= 11 is 0. The Hall–Kier alpha value is -2.92. The summed E-state index contributed by atoms with van der Waals surface area (Å²) in [7, 11) is 0. The highest BCUT2D eigenvalue weighted by atomic mass is 16.3. The molecule has 2 aromatic carbocycles. The van der Waals surface area contributed by atoms with Gasteiger partial charge in [-0.05, 0) is 23.6 Å². The van der Waals surface area contributed by atoms with E-state index in [1.165, 1.54) is 0 Å². The van der Waals surface area contributed by atoms with E-state index in [4.69, 9.17) is 0 Å². The van der Waals surface area contributed by atoms with Gasteiger partial charge in [0.25, 0.3) is 0 Å². The number of amides is 2. The van der Waals surface area contributed by atoms with Crippen LogP contribution in [0.25, 0.3) is 0 Å². The van der Waals surface area contributed by atoms with E-state index in [2.05, 4.69) is 5.32 Å². The van der Waals surface area contributed by atoms with Crippen molar-refractivity contribution in [3.05, 3.63) is 77.9 Å². The predicted octanol–water partition coefficient (Wildman–Crippen LogP) is 2.47. The Balaban J connectivity index is 1.58. The van der Waals surface area contributed by atoms with Crippen LogP contribution in [-0.2, 0) is 21.5 Å². The topological polar surface area (TPSA) is 69.6 Å². The Morgan fingerprint density at radius 2 is 1.82 bits per heavy atom. The molecular formula is C23H22N2O3. The predicted molar refractivity (Wildman–Crippen MR) is 105 cm³/mol. The van der Waals surface area contributed by atoms with Gasteiger partial charge in [-0.25, -0.2) is 0 Å². The lowest BCUT2D eigenvalue weighted by Gasteiger charge is -2.34. The van der Waals surface area contributed by atoms with E-state index in [9.17, 15) is 14.7 Å². The zero-order valence-corrected chi connectivity index (χ0v) is 15.4. The Labute approximate surface area is 163 Å². The van der Waals surface area contributed by atoms with E-state index in [1.54, 1.807) is 0 Å². The van der Waals surface area contributed by atoms with E-state index in [0.717, 1.165) is 16.8 Å². The van der Waals surface area contributed by atoms with Crippen molar-refractivity contribution in [2.75, 3.05) is 11.9 Å². The number of hydrogen-bond donors (Lipinski definition) is 2. The minimum Gasteiger partial charge on any atom is -0.396 e. The number of benzene rings is 2. The van der Waals surface area contributed by atoms with Crippen LogP contribution >= 0.6 is 0 Å². The summed E-state index contributed by atoms with van der Waals surface area (Å²) < 4.78 is 0. The molecule has 1 spiro atoms. The van der Waals surface area contributed by atoms with Gasteiger partial charge in [0.05, 0.1) is 11.3 Å². The summed E-state index contributed by atoms with van der Waals surface area (Å²) in [5.74, 6) is -0.613. The van der Waals surface area contributed by atoms with Crippen molar-refractivity contribution in [3.8, 4) is 0 Å². The standard InChI is InChI=1S/C23H22N2O3/c26-14-17-16-10-11-23(18-8-4-5-9-19(18)24-22(23)28)12-20(17)25(21(16)27)13-15-6-2-1-3-7-15/h1-11,16-17,20,26H,12-14H2,(H,24,28)/t16-,17+,20+,23+/m0/s1. The lowest BCUT2D eigenvalue weighted by molar-refractivity contribution is -0.132. The van der Waals surface area contributed by atoms with Crippen LogP contribution in [0, 0.1) is 11.8 Å². The van der Waals surface area contributed by atoms with E-state index in [-0.39, 0.29) is 30.4 Å². The van der Waals surface area contributed by atoms with Gasteiger partial charge in [-0.2, -0.15) is 0 Å². The maximum Gasteiger partial charge on any atom is 0.239 e. The summed E-state index contributed by atoms with van der Waals surface area (Å²) in [5.41, 5.74) is 2.04. The fraction of sp³-hybridized carbons (Fsp3) is 0.304. The minimum absolute atomic E-state index is 0.0330. The minimum atomic E-state index is -0.793. The van der Waals surface area contributed by atoms with Gasteiger partial charge in [0.1, 0.15) is 0 Å². The molecule has 2 aromatic rings. The number of fused-ring (bicyclic) bond motifs is 4. The van der Waals surface area contributed by atoms with Gasteiger partial charge in [-0.15, -0.1) is 0 Å². The third kappa shape index (κ3) is 2.36. The van der Waals surface area contributed by atoms with Crippen molar-refractivity contribution < 1.29 is 14.7 Å². The smallest absolute Gasteiger partial charge is 0.239 e. The van der Waals surface area contributed by atoms with E-state index in [1.807, 2.05) is 71.6 Å². The number of nitrogens with one attached hydrogen (secondary N) is 1. The summed E-state index contributed by atoms with van der Waals surface area (Å²) in [6.45, 7) is 0.417. The lowest BCUT2D eigenvalue weighted by Crippen LogP contribution is -2.44. The van der Waals surface area contributed by atoms with Crippen LogP contribution in [0.3, 0.4) is 0 Å². The molecule has 28 heavy (non-hydrogen) atoms. The maximum absolute atomic E-state index is 13.1. The number of aliphatic hydroxyl groups is 1. The number of carbonyl (C=O) groups excluding carboxylic acids is 2. The fourth-order valence-electron chi connectivity index (χ4n) is 5.08. The molecule has 2 aliphatic heterocycles. The molecule has 0 unspecified atom stereocenters. The number of anilines is 1. The first-order valence-electron chi connectivity index (χ1n) is 9.69. The largest absolute Gasteiger partial charge is 0.396 e. The number of rotatable bonds is 3. The quantitative estimate of drug-likeness (QED) is 0.811. The Morgan fingerprint density at radius 1 is 1.07 bits per heavy atom. The van der Waals surface area contributed by atoms with Gasteiger partial charge in [0.15, 0.2) is 0 Å². The third-order valence-corrected chi connectivity index (χ3v) is 6.51.